The summed E-state index contributed by atoms with van der Waals surface area (Å²) in [5.74, 6) is 0.572. The highest BCUT2D eigenvalue weighted by Gasteiger charge is 2.27. The largest absolute Gasteiger partial charge is 0.489 e. The molecule has 0 fully saturated rings. The maximum atomic E-state index is 13.8. The monoisotopic (exact) mass is 386 g/mol. The molecule has 130 valence electrons. The van der Waals surface area contributed by atoms with Crippen LogP contribution in [0.2, 0.25) is 5.02 Å². The molecule has 1 aromatic heterocycles. The van der Waals surface area contributed by atoms with E-state index < -0.39 is 5.82 Å². The van der Waals surface area contributed by atoms with Gasteiger partial charge in [0.15, 0.2) is 5.76 Å². The number of benzene rings is 2. The summed E-state index contributed by atoms with van der Waals surface area (Å²) in [5.41, 5.74) is 0.758. The minimum Gasteiger partial charge on any atom is -0.489 e. The summed E-state index contributed by atoms with van der Waals surface area (Å²) in [4.78, 5) is 13.3. The molecular formula is C20H12ClFO3S. The molecule has 0 saturated carbocycles. The average Bonchev–Trinajstić information content (AvgIpc) is 3.23. The van der Waals surface area contributed by atoms with Gasteiger partial charge in [-0.15, -0.1) is 11.3 Å². The number of carbonyl (C=O) groups is 1. The van der Waals surface area contributed by atoms with Gasteiger partial charge in [-0.1, -0.05) is 23.7 Å². The molecule has 0 bridgehead atoms. The molecule has 0 unspecified atom stereocenters. The van der Waals surface area contributed by atoms with E-state index in [4.69, 9.17) is 21.1 Å². The quantitative estimate of drug-likeness (QED) is 0.537. The van der Waals surface area contributed by atoms with Gasteiger partial charge < -0.3 is 9.47 Å². The van der Waals surface area contributed by atoms with Crippen LogP contribution in [0.25, 0.3) is 6.08 Å². The van der Waals surface area contributed by atoms with Crippen LogP contribution in [-0.4, -0.2) is 5.78 Å². The van der Waals surface area contributed by atoms with Crippen LogP contribution in [0.1, 0.15) is 20.8 Å². The second-order valence-corrected chi connectivity index (χ2v) is 6.99. The molecule has 3 nitrogen and oxygen atoms in total. The zero-order valence-electron chi connectivity index (χ0n) is 13.4. The number of hydrogen-bond acceptors (Lipinski definition) is 4. The number of allylic oxidation sites excluding steroid dienone is 1. The first-order chi connectivity index (χ1) is 12.6. The minimum atomic E-state index is -0.425. The molecule has 4 rings (SSSR count). The van der Waals surface area contributed by atoms with E-state index >= 15 is 0 Å². The van der Waals surface area contributed by atoms with Crippen molar-refractivity contribution in [3.63, 3.8) is 0 Å². The van der Waals surface area contributed by atoms with Crippen LogP contribution < -0.4 is 9.47 Å². The van der Waals surface area contributed by atoms with E-state index in [0.29, 0.717) is 22.1 Å². The van der Waals surface area contributed by atoms with Gasteiger partial charge in [0, 0.05) is 22.6 Å². The predicted molar refractivity (Wildman–Crippen MR) is 99.4 cm³/mol. The summed E-state index contributed by atoms with van der Waals surface area (Å²) in [6.45, 7) is -0.0177. The van der Waals surface area contributed by atoms with Crippen LogP contribution in [0.15, 0.2) is 59.7 Å². The molecule has 0 N–H and O–H groups in total. The summed E-state index contributed by atoms with van der Waals surface area (Å²) in [6.07, 6.45) is 1.71. The maximum Gasteiger partial charge on any atom is 0.232 e. The maximum absolute atomic E-state index is 13.8. The van der Waals surface area contributed by atoms with Gasteiger partial charge in [-0.05, 0) is 35.7 Å². The first-order valence-electron chi connectivity index (χ1n) is 7.79. The standard InChI is InChI=1S/C20H12ClFO3S/c21-16-4-1-5-17(22)15(16)11-24-12-6-7-14-18(9-12)25-19(20(14)23)10-13-3-2-8-26-13/h1-10H,11H2/b19-10-. The SMILES string of the molecule is O=C1/C(=C/c2cccs2)Oc2cc(OCc3c(F)cccc3Cl)ccc21. The number of thiophene rings is 1. The third-order valence-corrected chi connectivity index (χ3v) is 5.08. The first kappa shape index (κ1) is 16.8. The molecular weight excluding hydrogens is 375 g/mol. The summed E-state index contributed by atoms with van der Waals surface area (Å²) in [6, 6.07) is 13.2. The Balaban J connectivity index is 1.54. The number of ether oxygens (including phenoxy) is 2. The van der Waals surface area contributed by atoms with Crippen molar-refractivity contribution in [1.82, 2.24) is 0 Å². The molecule has 0 spiro atoms. The highest BCUT2D eigenvalue weighted by Crippen LogP contribution is 2.35. The Labute approximate surface area is 158 Å². The van der Waals surface area contributed by atoms with Gasteiger partial charge in [-0.25, -0.2) is 4.39 Å². The fourth-order valence-corrected chi connectivity index (χ4v) is 3.45. The van der Waals surface area contributed by atoms with Crippen LogP contribution >= 0.6 is 22.9 Å². The number of rotatable bonds is 4. The van der Waals surface area contributed by atoms with Crippen LogP contribution in [0.4, 0.5) is 4.39 Å². The Morgan fingerprint density at radius 1 is 1.19 bits per heavy atom. The van der Waals surface area contributed by atoms with Crippen molar-refractivity contribution in [2.24, 2.45) is 0 Å². The van der Waals surface area contributed by atoms with Crippen LogP contribution in [0.3, 0.4) is 0 Å². The number of ketones is 1. The smallest absolute Gasteiger partial charge is 0.232 e. The Bertz CT molecular complexity index is 992. The third-order valence-electron chi connectivity index (χ3n) is 3.90. The van der Waals surface area contributed by atoms with Gasteiger partial charge in [0.1, 0.15) is 23.9 Å². The highest BCUT2D eigenvalue weighted by atomic mass is 35.5. The summed E-state index contributed by atoms with van der Waals surface area (Å²) < 4.78 is 25.1. The van der Waals surface area contributed by atoms with E-state index in [9.17, 15) is 9.18 Å². The second kappa shape index (κ2) is 6.94. The third kappa shape index (κ3) is 3.23. The van der Waals surface area contributed by atoms with Gasteiger partial charge in [-0.3, -0.25) is 4.79 Å². The van der Waals surface area contributed by atoms with E-state index in [2.05, 4.69) is 0 Å². The molecule has 2 aromatic carbocycles. The lowest BCUT2D eigenvalue weighted by Crippen LogP contribution is -1.99. The van der Waals surface area contributed by atoms with Crippen molar-refractivity contribution in [2.45, 2.75) is 6.61 Å². The lowest BCUT2D eigenvalue weighted by Gasteiger charge is -2.09. The van der Waals surface area contributed by atoms with E-state index in [1.165, 1.54) is 23.5 Å². The molecule has 0 radical (unpaired) electrons. The molecule has 0 aliphatic carbocycles. The van der Waals surface area contributed by atoms with Gasteiger partial charge in [0.05, 0.1) is 10.6 Å². The van der Waals surface area contributed by atoms with Crippen molar-refractivity contribution >= 4 is 34.8 Å². The Kier molecular flexibility index (Phi) is 4.49. The fourth-order valence-electron chi connectivity index (χ4n) is 2.59. The number of carbonyl (C=O) groups excluding carboxylic acids is 1. The van der Waals surface area contributed by atoms with E-state index in [1.807, 2.05) is 17.5 Å². The Morgan fingerprint density at radius 2 is 2.08 bits per heavy atom. The van der Waals surface area contributed by atoms with Crippen molar-refractivity contribution < 1.29 is 18.7 Å². The van der Waals surface area contributed by atoms with Crippen LogP contribution in [0, 0.1) is 5.82 Å². The van der Waals surface area contributed by atoms with Crippen molar-refractivity contribution in [3.05, 3.63) is 86.5 Å². The number of halogens is 2. The lowest BCUT2D eigenvalue weighted by molar-refractivity contribution is 0.101. The molecule has 1 aliphatic heterocycles. The zero-order valence-corrected chi connectivity index (χ0v) is 14.9. The van der Waals surface area contributed by atoms with Gasteiger partial charge in [0.2, 0.25) is 5.78 Å². The average molecular weight is 387 g/mol. The van der Waals surface area contributed by atoms with Crippen molar-refractivity contribution in [1.29, 1.82) is 0 Å². The normalized spacial score (nSPS) is 14.4. The summed E-state index contributed by atoms with van der Waals surface area (Å²) >= 11 is 7.52. The fraction of sp³-hybridized carbons (Fsp3) is 0.0500. The number of Topliss-reactive ketones (excluding diaryl/α,β-unsaturated/α-hetero) is 1. The van der Waals surface area contributed by atoms with E-state index in [0.717, 1.165) is 4.88 Å². The van der Waals surface area contributed by atoms with Crippen LogP contribution in [0.5, 0.6) is 11.5 Å². The molecule has 0 atom stereocenters. The number of hydrogen-bond donors (Lipinski definition) is 0. The molecule has 0 saturated heterocycles. The lowest BCUT2D eigenvalue weighted by atomic mass is 10.1. The van der Waals surface area contributed by atoms with Gasteiger partial charge >= 0.3 is 0 Å². The summed E-state index contributed by atoms with van der Waals surface area (Å²) in [5, 5.41) is 2.23. The van der Waals surface area contributed by atoms with E-state index in [1.54, 1.807) is 30.3 Å². The second-order valence-electron chi connectivity index (χ2n) is 5.60. The first-order valence-corrected chi connectivity index (χ1v) is 9.05. The highest BCUT2D eigenvalue weighted by molar-refractivity contribution is 7.10. The molecule has 3 aromatic rings. The predicted octanol–water partition coefficient (Wildman–Crippen LogP) is 5.74. The van der Waals surface area contributed by atoms with Gasteiger partial charge in [-0.2, -0.15) is 0 Å². The van der Waals surface area contributed by atoms with Crippen LogP contribution in [-0.2, 0) is 6.61 Å². The summed E-state index contributed by atoms with van der Waals surface area (Å²) in [7, 11) is 0. The van der Waals surface area contributed by atoms with Crippen molar-refractivity contribution in [3.8, 4) is 11.5 Å². The Hall–Kier alpha value is -2.63. The molecule has 1 aliphatic rings. The van der Waals surface area contributed by atoms with E-state index in [-0.39, 0.29) is 23.7 Å². The van der Waals surface area contributed by atoms with Crippen molar-refractivity contribution in [2.75, 3.05) is 0 Å². The molecule has 0 amide bonds. The van der Waals surface area contributed by atoms with Gasteiger partial charge in [0.25, 0.3) is 0 Å². The minimum absolute atomic E-state index is 0.0177. The zero-order chi connectivity index (χ0) is 18.1. The molecule has 26 heavy (non-hydrogen) atoms. The Morgan fingerprint density at radius 3 is 2.85 bits per heavy atom. The number of fused-ring (bicyclic) bond motifs is 1. The molecule has 2 heterocycles. The molecule has 6 heteroatoms. The topological polar surface area (TPSA) is 35.5 Å².